The van der Waals surface area contributed by atoms with Crippen molar-refractivity contribution in [2.45, 2.75) is 62.6 Å². The monoisotopic (exact) mass is 299 g/mol. The van der Waals surface area contributed by atoms with E-state index in [9.17, 15) is 0 Å². The van der Waals surface area contributed by atoms with E-state index in [2.05, 4.69) is 38.2 Å². The fraction of sp³-hybridized carbons (Fsp3) is 0.625. The van der Waals surface area contributed by atoms with Crippen LogP contribution >= 0.6 is 23.4 Å². The van der Waals surface area contributed by atoms with Gasteiger partial charge >= 0.3 is 0 Å². The highest BCUT2D eigenvalue weighted by molar-refractivity contribution is 8.00. The van der Waals surface area contributed by atoms with Gasteiger partial charge in [0.15, 0.2) is 0 Å². The Morgan fingerprint density at radius 1 is 1.21 bits per heavy atom. The normalized spacial score (nSPS) is 14.3. The van der Waals surface area contributed by atoms with Crippen LogP contribution in [0, 0.1) is 0 Å². The van der Waals surface area contributed by atoms with Crippen LogP contribution in [-0.4, -0.2) is 17.8 Å². The molecule has 19 heavy (non-hydrogen) atoms. The van der Waals surface area contributed by atoms with Gasteiger partial charge in [-0.3, -0.25) is 0 Å². The van der Waals surface area contributed by atoms with Gasteiger partial charge in [-0.05, 0) is 44.0 Å². The Bertz CT molecular complexity index is 356. The summed E-state index contributed by atoms with van der Waals surface area (Å²) in [6.45, 7) is 7.87. The first kappa shape index (κ1) is 16.9. The zero-order valence-electron chi connectivity index (χ0n) is 12.3. The molecule has 0 aliphatic carbocycles. The molecule has 0 aliphatic rings. The third-order valence-corrected chi connectivity index (χ3v) is 4.92. The smallest absolute Gasteiger partial charge is 0.0417 e. The average Bonchev–Trinajstić information content (AvgIpc) is 2.41. The minimum absolute atomic E-state index is 0.596. The first-order valence-corrected chi connectivity index (χ1v) is 8.62. The molecule has 1 nitrogen and oxygen atoms in total. The summed E-state index contributed by atoms with van der Waals surface area (Å²) in [7, 11) is 0. The lowest BCUT2D eigenvalue weighted by atomic mass is 10.1. The van der Waals surface area contributed by atoms with Crippen LogP contribution in [-0.2, 0) is 0 Å². The highest BCUT2D eigenvalue weighted by Gasteiger charge is 2.19. The molecule has 0 saturated heterocycles. The van der Waals surface area contributed by atoms with Crippen LogP contribution < -0.4 is 5.32 Å². The maximum absolute atomic E-state index is 6.07. The first-order chi connectivity index (χ1) is 9.21. The summed E-state index contributed by atoms with van der Waals surface area (Å²) < 4.78 is 0. The SMILES string of the molecule is CCCNC(CCC)C(CC)Sc1cccc(Cl)c1. The number of hydrogen-bond donors (Lipinski definition) is 1. The minimum Gasteiger partial charge on any atom is -0.313 e. The summed E-state index contributed by atoms with van der Waals surface area (Å²) >= 11 is 8.02. The van der Waals surface area contributed by atoms with Crippen LogP contribution in [0.25, 0.3) is 0 Å². The van der Waals surface area contributed by atoms with E-state index in [0.29, 0.717) is 11.3 Å². The Balaban J connectivity index is 2.67. The predicted octanol–water partition coefficient (Wildman–Crippen LogP) is 5.38. The van der Waals surface area contributed by atoms with E-state index in [0.717, 1.165) is 11.6 Å². The van der Waals surface area contributed by atoms with Gasteiger partial charge in [-0.2, -0.15) is 0 Å². The summed E-state index contributed by atoms with van der Waals surface area (Å²) in [5.74, 6) is 0. The van der Waals surface area contributed by atoms with Crippen molar-refractivity contribution < 1.29 is 0 Å². The Labute approximate surface area is 127 Å². The number of halogens is 1. The first-order valence-electron chi connectivity index (χ1n) is 7.36. The molecule has 0 saturated carbocycles. The van der Waals surface area contributed by atoms with Gasteiger partial charge in [0.25, 0.3) is 0 Å². The van der Waals surface area contributed by atoms with E-state index in [1.807, 2.05) is 23.9 Å². The van der Waals surface area contributed by atoms with Gasteiger partial charge in [0, 0.05) is 21.2 Å². The van der Waals surface area contributed by atoms with Gasteiger partial charge in [0.1, 0.15) is 0 Å². The maximum Gasteiger partial charge on any atom is 0.0417 e. The largest absolute Gasteiger partial charge is 0.313 e. The van der Waals surface area contributed by atoms with Crippen LogP contribution in [0.5, 0.6) is 0 Å². The highest BCUT2D eigenvalue weighted by Crippen LogP contribution is 2.30. The molecule has 0 heterocycles. The van der Waals surface area contributed by atoms with Crippen LogP contribution in [0.2, 0.25) is 5.02 Å². The molecule has 2 atom stereocenters. The molecule has 1 aromatic rings. The predicted molar refractivity (Wildman–Crippen MR) is 88.4 cm³/mol. The van der Waals surface area contributed by atoms with Crippen LogP contribution in [0.15, 0.2) is 29.2 Å². The fourth-order valence-electron chi connectivity index (χ4n) is 2.23. The zero-order chi connectivity index (χ0) is 14.1. The molecular weight excluding hydrogens is 274 g/mol. The Kier molecular flexibility index (Phi) is 8.60. The second-order valence-electron chi connectivity index (χ2n) is 4.87. The van der Waals surface area contributed by atoms with Crippen LogP contribution in [0.4, 0.5) is 0 Å². The molecule has 1 N–H and O–H groups in total. The fourth-order valence-corrected chi connectivity index (χ4v) is 3.75. The third kappa shape index (κ3) is 6.20. The summed E-state index contributed by atoms with van der Waals surface area (Å²) in [5.41, 5.74) is 0. The lowest BCUT2D eigenvalue weighted by Gasteiger charge is -2.27. The molecule has 0 radical (unpaired) electrons. The van der Waals surface area contributed by atoms with Gasteiger partial charge in [0.05, 0.1) is 0 Å². The third-order valence-electron chi connectivity index (χ3n) is 3.19. The molecule has 1 rings (SSSR count). The summed E-state index contributed by atoms with van der Waals surface area (Å²) in [6, 6.07) is 8.79. The molecule has 0 aromatic heterocycles. The van der Waals surface area contributed by atoms with Crippen molar-refractivity contribution >= 4 is 23.4 Å². The van der Waals surface area contributed by atoms with Crippen LogP contribution in [0.1, 0.15) is 46.5 Å². The minimum atomic E-state index is 0.596. The second kappa shape index (κ2) is 9.68. The van der Waals surface area contributed by atoms with Crippen molar-refractivity contribution in [2.24, 2.45) is 0 Å². The quantitative estimate of drug-likeness (QED) is 0.614. The number of rotatable bonds is 9. The van der Waals surface area contributed by atoms with E-state index in [-0.39, 0.29) is 0 Å². The van der Waals surface area contributed by atoms with Crippen molar-refractivity contribution in [1.29, 1.82) is 0 Å². The molecular formula is C16H26ClNS. The van der Waals surface area contributed by atoms with Gasteiger partial charge in [-0.15, -0.1) is 11.8 Å². The Morgan fingerprint density at radius 3 is 2.58 bits per heavy atom. The standard InChI is InChI=1S/C16H26ClNS/c1-4-8-15(18-11-5-2)16(6-3)19-14-10-7-9-13(17)12-14/h7,9-10,12,15-16,18H,4-6,8,11H2,1-3H3. The second-order valence-corrected chi connectivity index (χ2v) is 6.62. The van der Waals surface area contributed by atoms with Gasteiger partial charge < -0.3 is 5.32 Å². The molecule has 1 aromatic carbocycles. The van der Waals surface area contributed by atoms with Crippen molar-refractivity contribution in [1.82, 2.24) is 5.32 Å². The van der Waals surface area contributed by atoms with E-state index in [1.165, 1.54) is 30.6 Å². The van der Waals surface area contributed by atoms with E-state index >= 15 is 0 Å². The van der Waals surface area contributed by atoms with Gasteiger partial charge in [-0.1, -0.05) is 44.9 Å². The molecule has 108 valence electrons. The highest BCUT2D eigenvalue weighted by atomic mass is 35.5. The number of benzene rings is 1. The van der Waals surface area contributed by atoms with Crippen molar-refractivity contribution in [2.75, 3.05) is 6.54 Å². The van der Waals surface area contributed by atoms with Gasteiger partial charge in [0.2, 0.25) is 0 Å². The molecule has 0 spiro atoms. The number of thioether (sulfide) groups is 1. The van der Waals surface area contributed by atoms with Crippen molar-refractivity contribution in [3.05, 3.63) is 29.3 Å². The lowest BCUT2D eigenvalue weighted by molar-refractivity contribution is 0.454. The molecule has 0 aliphatic heterocycles. The molecule has 0 bridgehead atoms. The molecule has 0 fully saturated rings. The molecule has 3 heteroatoms. The Morgan fingerprint density at radius 2 is 2.00 bits per heavy atom. The van der Waals surface area contributed by atoms with Crippen molar-refractivity contribution in [3.63, 3.8) is 0 Å². The van der Waals surface area contributed by atoms with E-state index in [1.54, 1.807) is 0 Å². The molecule has 0 amide bonds. The van der Waals surface area contributed by atoms with Crippen LogP contribution in [0.3, 0.4) is 0 Å². The summed E-state index contributed by atoms with van der Waals surface area (Å²) in [4.78, 5) is 1.28. The number of hydrogen-bond acceptors (Lipinski definition) is 2. The summed E-state index contributed by atoms with van der Waals surface area (Å²) in [5, 5.41) is 5.15. The average molecular weight is 300 g/mol. The molecule has 2 unspecified atom stereocenters. The van der Waals surface area contributed by atoms with Gasteiger partial charge in [-0.25, -0.2) is 0 Å². The van der Waals surface area contributed by atoms with E-state index in [4.69, 9.17) is 11.6 Å². The lowest BCUT2D eigenvalue weighted by Crippen LogP contribution is -2.38. The van der Waals surface area contributed by atoms with Crippen molar-refractivity contribution in [3.8, 4) is 0 Å². The topological polar surface area (TPSA) is 12.0 Å². The summed E-state index contributed by atoms with van der Waals surface area (Å²) in [6.07, 6.45) is 4.84. The maximum atomic E-state index is 6.07. The Hall–Kier alpha value is -0.180. The van der Waals surface area contributed by atoms with E-state index < -0.39 is 0 Å². The zero-order valence-corrected chi connectivity index (χ0v) is 13.9. The number of nitrogens with one attached hydrogen (secondary N) is 1.